The van der Waals surface area contributed by atoms with Gasteiger partial charge < -0.3 is 4.57 Å². The van der Waals surface area contributed by atoms with Crippen molar-refractivity contribution < 1.29 is 0 Å². The zero-order chi connectivity index (χ0) is 45.3. The Bertz CT molecular complexity index is 4490. The number of para-hydroxylation sites is 1. The summed E-state index contributed by atoms with van der Waals surface area (Å²) in [5, 5.41) is 11.1. The van der Waals surface area contributed by atoms with E-state index in [1.54, 1.807) is 0 Å². The van der Waals surface area contributed by atoms with Crippen molar-refractivity contribution in [1.29, 1.82) is 0 Å². The Kier molecular flexibility index (Phi) is 8.58. The molecule has 69 heavy (non-hydrogen) atoms. The standard InChI is InChI=1S/C62H38N4S3/c1-35-28-31-55-59(43-19-7-11-25-52(43)69-55)56(35)62-64-60(63-61(65-62)44-21-13-27-54-58(44)42-18-6-10-24-51(42)68-54)38-29-30-48(46(33-38)40-20-12-26-53-57(40)41-17-5-9-23-50(41)67-53)66-47-22-8-4-16-39(47)45-32-36-14-2-3-15-37(36)34-49(45)66/h2-35,56H,1H3. The second kappa shape index (κ2) is 15.1. The van der Waals surface area contributed by atoms with Crippen LogP contribution in [0, 0.1) is 5.92 Å². The molecule has 0 saturated heterocycles. The molecule has 0 N–H and O–H groups in total. The van der Waals surface area contributed by atoms with Crippen molar-refractivity contribution in [3.05, 3.63) is 210 Å². The van der Waals surface area contributed by atoms with Gasteiger partial charge in [-0.15, -0.1) is 34.0 Å². The van der Waals surface area contributed by atoms with Crippen molar-refractivity contribution in [3.8, 4) is 39.6 Å². The van der Waals surface area contributed by atoms with Gasteiger partial charge in [0, 0.05) is 77.4 Å². The zero-order valence-corrected chi connectivity index (χ0v) is 39.7. The Morgan fingerprint density at radius 3 is 1.78 bits per heavy atom. The summed E-state index contributed by atoms with van der Waals surface area (Å²) in [4.78, 5) is 18.0. The Balaban J connectivity index is 1.04. The molecule has 0 spiro atoms. The molecule has 1 aliphatic rings. The third-order valence-corrected chi connectivity index (χ3v) is 17.8. The summed E-state index contributed by atoms with van der Waals surface area (Å²) < 4.78 is 8.78. The van der Waals surface area contributed by atoms with Gasteiger partial charge in [-0.05, 0) is 106 Å². The number of allylic oxidation sites excluding steroid dienone is 1. The minimum Gasteiger partial charge on any atom is -0.309 e. The maximum Gasteiger partial charge on any atom is 0.164 e. The maximum atomic E-state index is 5.63. The summed E-state index contributed by atoms with van der Waals surface area (Å²) in [6.45, 7) is 2.31. The zero-order valence-electron chi connectivity index (χ0n) is 37.2. The van der Waals surface area contributed by atoms with Crippen LogP contribution in [0.1, 0.15) is 29.1 Å². The summed E-state index contributed by atoms with van der Waals surface area (Å²) in [5.41, 5.74) is 9.01. The van der Waals surface area contributed by atoms with Gasteiger partial charge in [0.05, 0.1) is 22.6 Å². The van der Waals surface area contributed by atoms with Gasteiger partial charge in [-0.1, -0.05) is 134 Å². The summed E-state index contributed by atoms with van der Waals surface area (Å²) in [7, 11) is 0. The second-order valence-electron chi connectivity index (χ2n) is 18.3. The molecular weight excluding hydrogens is 897 g/mol. The first kappa shape index (κ1) is 39.2. The number of hydrogen-bond acceptors (Lipinski definition) is 6. The van der Waals surface area contributed by atoms with E-state index in [2.05, 4.69) is 212 Å². The van der Waals surface area contributed by atoms with Crippen LogP contribution in [0.2, 0.25) is 0 Å². The van der Waals surface area contributed by atoms with Gasteiger partial charge >= 0.3 is 0 Å². The molecule has 15 rings (SSSR count). The van der Waals surface area contributed by atoms with Crippen LogP contribution in [0.15, 0.2) is 194 Å². The SMILES string of the molecule is CC1C=Cc2sc3ccccc3c2C1c1nc(-c2ccc(-n3c4ccccc4c4cc5ccccc5cc43)c(-c3cccc4sc5ccccc5c34)c2)nc(-c2cccc3sc4ccccc4c23)n1. The molecule has 2 atom stereocenters. The molecule has 2 unspecified atom stereocenters. The van der Waals surface area contributed by atoms with Crippen LogP contribution < -0.4 is 0 Å². The first-order valence-corrected chi connectivity index (χ1v) is 25.9. The Hall–Kier alpha value is -7.81. The highest BCUT2D eigenvalue weighted by Crippen LogP contribution is 2.49. The van der Waals surface area contributed by atoms with E-state index in [4.69, 9.17) is 15.0 Å². The van der Waals surface area contributed by atoms with Gasteiger partial charge in [-0.25, -0.2) is 15.0 Å². The number of fused-ring (bicyclic) bond motifs is 13. The van der Waals surface area contributed by atoms with E-state index in [-0.39, 0.29) is 11.8 Å². The van der Waals surface area contributed by atoms with E-state index in [9.17, 15) is 0 Å². The molecule has 1 aliphatic carbocycles. The quantitative estimate of drug-likeness (QED) is 0.173. The Morgan fingerprint density at radius 1 is 0.435 bits per heavy atom. The van der Waals surface area contributed by atoms with Crippen LogP contribution in [0.5, 0.6) is 0 Å². The molecule has 7 heteroatoms. The predicted molar refractivity (Wildman–Crippen MR) is 296 cm³/mol. The largest absolute Gasteiger partial charge is 0.309 e. The first-order chi connectivity index (χ1) is 34.1. The molecule has 0 radical (unpaired) electrons. The van der Waals surface area contributed by atoms with Crippen molar-refractivity contribution >= 4 is 123 Å². The van der Waals surface area contributed by atoms with Crippen LogP contribution in [0.25, 0.3) is 129 Å². The lowest BCUT2D eigenvalue weighted by Crippen LogP contribution is -2.17. The van der Waals surface area contributed by atoms with Crippen LogP contribution >= 0.6 is 34.0 Å². The van der Waals surface area contributed by atoms with Crippen molar-refractivity contribution in [2.24, 2.45) is 5.92 Å². The van der Waals surface area contributed by atoms with E-state index in [0.717, 1.165) is 33.7 Å². The molecule has 324 valence electrons. The van der Waals surface area contributed by atoms with Gasteiger partial charge in [0.25, 0.3) is 0 Å². The molecule has 0 bridgehead atoms. The lowest BCUT2D eigenvalue weighted by molar-refractivity contribution is 0.590. The number of thiophene rings is 3. The lowest BCUT2D eigenvalue weighted by Gasteiger charge is -2.25. The summed E-state index contributed by atoms with van der Waals surface area (Å²) in [6, 6.07) is 68.9. The third kappa shape index (κ3) is 5.94. The van der Waals surface area contributed by atoms with Crippen LogP contribution in [0.4, 0.5) is 0 Å². The highest BCUT2D eigenvalue weighted by atomic mass is 32.1. The second-order valence-corrected chi connectivity index (χ2v) is 21.5. The normalized spacial score (nSPS) is 15.0. The third-order valence-electron chi connectivity index (χ3n) is 14.4. The number of benzene rings is 9. The molecule has 9 aromatic carbocycles. The van der Waals surface area contributed by atoms with E-state index in [1.165, 1.54) is 93.5 Å². The number of nitrogens with zero attached hydrogens (tertiary/aromatic N) is 4. The van der Waals surface area contributed by atoms with Crippen molar-refractivity contribution in [2.75, 3.05) is 0 Å². The summed E-state index contributed by atoms with van der Waals surface area (Å²) >= 11 is 5.53. The monoisotopic (exact) mass is 934 g/mol. The topological polar surface area (TPSA) is 43.6 Å². The van der Waals surface area contributed by atoms with Crippen LogP contribution in [-0.2, 0) is 0 Å². The van der Waals surface area contributed by atoms with E-state index in [0.29, 0.717) is 11.6 Å². The molecule has 14 aromatic rings. The van der Waals surface area contributed by atoms with Gasteiger partial charge in [-0.3, -0.25) is 0 Å². The Labute approximate surface area is 408 Å². The van der Waals surface area contributed by atoms with Gasteiger partial charge in [0.15, 0.2) is 11.6 Å². The molecule has 5 heterocycles. The first-order valence-electron chi connectivity index (χ1n) is 23.4. The minimum atomic E-state index is -0.0721. The molecule has 0 fully saturated rings. The summed E-state index contributed by atoms with van der Waals surface area (Å²) in [5.74, 6) is 2.23. The maximum absolute atomic E-state index is 5.63. The van der Waals surface area contributed by atoms with Crippen molar-refractivity contribution in [3.63, 3.8) is 0 Å². The fourth-order valence-electron chi connectivity index (χ4n) is 11.2. The van der Waals surface area contributed by atoms with E-state index in [1.807, 2.05) is 34.0 Å². The van der Waals surface area contributed by atoms with Crippen molar-refractivity contribution in [2.45, 2.75) is 12.8 Å². The van der Waals surface area contributed by atoms with Gasteiger partial charge in [0.1, 0.15) is 5.82 Å². The molecule has 5 aromatic heterocycles. The smallest absolute Gasteiger partial charge is 0.164 e. The van der Waals surface area contributed by atoms with Crippen molar-refractivity contribution in [1.82, 2.24) is 19.5 Å². The molecule has 0 amide bonds. The van der Waals surface area contributed by atoms with Crippen LogP contribution in [0.3, 0.4) is 0 Å². The average Bonchev–Trinajstić information content (AvgIpc) is 4.17. The lowest BCUT2D eigenvalue weighted by atomic mass is 9.81. The summed E-state index contributed by atoms with van der Waals surface area (Å²) in [6.07, 6.45) is 4.64. The Morgan fingerprint density at radius 2 is 1.03 bits per heavy atom. The molecule has 0 aliphatic heterocycles. The molecule has 0 saturated carbocycles. The fraction of sp³-hybridized carbons (Fsp3) is 0.0484. The highest BCUT2D eigenvalue weighted by molar-refractivity contribution is 7.26. The van der Waals surface area contributed by atoms with E-state index < -0.39 is 0 Å². The number of hydrogen-bond donors (Lipinski definition) is 0. The fourth-order valence-corrected chi connectivity index (χ4v) is 14.7. The number of aromatic nitrogens is 4. The van der Waals surface area contributed by atoms with E-state index >= 15 is 0 Å². The highest BCUT2D eigenvalue weighted by Gasteiger charge is 2.32. The average molecular weight is 935 g/mol. The minimum absolute atomic E-state index is 0.0721. The van der Waals surface area contributed by atoms with Crippen LogP contribution in [-0.4, -0.2) is 19.5 Å². The predicted octanol–water partition coefficient (Wildman–Crippen LogP) is 17.9. The number of rotatable bonds is 5. The van der Waals surface area contributed by atoms with Gasteiger partial charge in [-0.2, -0.15) is 0 Å². The van der Waals surface area contributed by atoms with Gasteiger partial charge in [0.2, 0.25) is 0 Å². The molecule has 4 nitrogen and oxygen atoms in total. The molecular formula is C62H38N4S3.